The highest BCUT2D eigenvalue weighted by Crippen LogP contribution is 2.35. The summed E-state index contributed by atoms with van der Waals surface area (Å²) in [5, 5.41) is 2.03. The van der Waals surface area contributed by atoms with Crippen molar-refractivity contribution in [3.8, 4) is 11.5 Å². The number of hydrogen-bond acceptors (Lipinski definition) is 4. The summed E-state index contributed by atoms with van der Waals surface area (Å²) in [6, 6.07) is 9.79. The molecule has 1 aliphatic heterocycles. The molecular formula is C18H21NO3S. The van der Waals surface area contributed by atoms with Gasteiger partial charge in [-0.15, -0.1) is 11.3 Å². The summed E-state index contributed by atoms with van der Waals surface area (Å²) in [7, 11) is 0. The van der Waals surface area contributed by atoms with E-state index in [1.807, 2.05) is 48.4 Å². The van der Waals surface area contributed by atoms with E-state index in [0.717, 1.165) is 22.7 Å². The van der Waals surface area contributed by atoms with Crippen molar-refractivity contribution in [1.82, 2.24) is 0 Å². The minimum Gasteiger partial charge on any atom is -0.486 e. The third-order valence-electron chi connectivity index (χ3n) is 4.03. The molecule has 3 rings (SSSR count). The van der Waals surface area contributed by atoms with Crippen molar-refractivity contribution in [2.75, 3.05) is 18.1 Å². The van der Waals surface area contributed by atoms with Gasteiger partial charge in [-0.05, 0) is 30.0 Å². The molecule has 0 N–H and O–H groups in total. The van der Waals surface area contributed by atoms with Crippen LogP contribution < -0.4 is 14.4 Å². The van der Waals surface area contributed by atoms with Gasteiger partial charge in [-0.25, -0.2) is 0 Å². The van der Waals surface area contributed by atoms with Gasteiger partial charge in [0.1, 0.15) is 13.2 Å². The zero-order chi connectivity index (χ0) is 16.2. The largest absolute Gasteiger partial charge is 0.486 e. The molecule has 1 atom stereocenters. The van der Waals surface area contributed by atoms with Gasteiger partial charge in [0.15, 0.2) is 11.5 Å². The summed E-state index contributed by atoms with van der Waals surface area (Å²) in [5.74, 6) is 1.58. The van der Waals surface area contributed by atoms with Crippen LogP contribution in [0.4, 0.5) is 5.69 Å². The summed E-state index contributed by atoms with van der Waals surface area (Å²) in [6.45, 7) is 5.70. The number of amides is 1. The van der Waals surface area contributed by atoms with E-state index in [2.05, 4.69) is 6.07 Å². The van der Waals surface area contributed by atoms with E-state index in [1.54, 1.807) is 11.3 Å². The lowest BCUT2D eigenvalue weighted by Crippen LogP contribution is -2.34. The summed E-state index contributed by atoms with van der Waals surface area (Å²) in [5.41, 5.74) is 0.855. The van der Waals surface area contributed by atoms with Crippen LogP contribution >= 0.6 is 11.3 Å². The summed E-state index contributed by atoms with van der Waals surface area (Å²) in [6.07, 6.45) is 0.824. The van der Waals surface area contributed by atoms with Crippen LogP contribution in [-0.2, 0) is 11.3 Å². The molecule has 0 spiro atoms. The zero-order valence-corrected chi connectivity index (χ0v) is 14.3. The normalized spacial score (nSPS) is 14.3. The number of rotatable bonds is 5. The maximum absolute atomic E-state index is 12.8. The van der Waals surface area contributed by atoms with Crippen molar-refractivity contribution in [3.05, 3.63) is 40.6 Å². The van der Waals surface area contributed by atoms with E-state index in [9.17, 15) is 4.79 Å². The Labute approximate surface area is 140 Å². The van der Waals surface area contributed by atoms with Crippen molar-refractivity contribution < 1.29 is 14.3 Å². The SMILES string of the molecule is CCC(C)C(=O)N(Cc1cccs1)c1ccc2c(c1)OCCO2. The molecule has 0 aliphatic carbocycles. The molecule has 0 saturated carbocycles. The molecule has 1 aliphatic rings. The molecule has 0 saturated heterocycles. The number of thiophene rings is 1. The van der Waals surface area contributed by atoms with E-state index < -0.39 is 0 Å². The van der Waals surface area contributed by atoms with Crippen molar-refractivity contribution in [1.29, 1.82) is 0 Å². The highest BCUT2D eigenvalue weighted by molar-refractivity contribution is 7.09. The van der Waals surface area contributed by atoms with Gasteiger partial charge < -0.3 is 14.4 Å². The Morgan fingerprint density at radius 3 is 2.74 bits per heavy atom. The first kappa shape index (κ1) is 15.9. The Balaban J connectivity index is 1.92. The highest BCUT2D eigenvalue weighted by Gasteiger charge is 2.23. The van der Waals surface area contributed by atoms with Crippen molar-refractivity contribution in [2.45, 2.75) is 26.8 Å². The van der Waals surface area contributed by atoms with Gasteiger partial charge in [0.2, 0.25) is 5.91 Å². The summed E-state index contributed by atoms with van der Waals surface area (Å²) in [4.78, 5) is 15.8. The fourth-order valence-corrected chi connectivity index (χ4v) is 3.19. The minimum atomic E-state index is -0.0110. The Morgan fingerprint density at radius 2 is 2.04 bits per heavy atom. The topological polar surface area (TPSA) is 38.8 Å². The van der Waals surface area contributed by atoms with Crippen molar-refractivity contribution in [3.63, 3.8) is 0 Å². The number of hydrogen-bond donors (Lipinski definition) is 0. The number of benzene rings is 1. The lowest BCUT2D eigenvalue weighted by Gasteiger charge is -2.27. The molecule has 23 heavy (non-hydrogen) atoms. The first-order chi connectivity index (χ1) is 11.2. The molecule has 1 aromatic carbocycles. The summed E-state index contributed by atoms with van der Waals surface area (Å²) >= 11 is 1.66. The third-order valence-corrected chi connectivity index (χ3v) is 4.89. The van der Waals surface area contributed by atoms with Crippen LogP contribution in [0.15, 0.2) is 35.7 Å². The van der Waals surface area contributed by atoms with E-state index in [1.165, 1.54) is 0 Å². The molecule has 122 valence electrons. The second kappa shape index (κ2) is 7.04. The van der Waals surface area contributed by atoms with Gasteiger partial charge in [0.25, 0.3) is 0 Å². The Bertz CT molecular complexity index is 669. The number of carbonyl (C=O) groups is 1. The van der Waals surface area contributed by atoms with Crippen LogP contribution in [-0.4, -0.2) is 19.1 Å². The zero-order valence-electron chi connectivity index (χ0n) is 13.5. The molecular weight excluding hydrogens is 310 g/mol. The van der Waals surface area contributed by atoms with Crippen molar-refractivity contribution >= 4 is 22.9 Å². The number of ether oxygens (including phenoxy) is 2. The van der Waals surface area contributed by atoms with Crippen LogP contribution in [0.1, 0.15) is 25.1 Å². The minimum absolute atomic E-state index is 0.0110. The molecule has 0 radical (unpaired) electrons. The van der Waals surface area contributed by atoms with E-state index in [4.69, 9.17) is 9.47 Å². The number of anilines is 1. The van der Waals surface area contributed by atoms with E-state index >= 15 is 0 Å². The molecule has 2 aromatic rings. The predicted octanol–water partition coefficient (Wildman–Crippen LogP) is 4.10. The monoisotopic (exact) mass is 331 g/mol. The van der Waals surface area contributed by atoms with Crippen LogP contribution in [0.2, 0.25) is 0 Å². The van der Waals surface area contributed by atoms with Gasteiger partial charge in [0.05, 0.1) is 6.54 Å². The van der Waals surface area contributed by atoms with Crippen molar-refractivity contribution in [2.24, 2.45) is 5.92 Å². The third kappa shape index (κ3) is 3.50. The molecule has 1 amide bonds. The first-order valence-electron chi connectivity index (χ1n) is 7.92. The van der Waals surface area contributed by atoms with Gasteiger partial charge in [0, 0.05) is 22.5 Å². The maximum Gasteiger partial charge on any atom is 0.230 e. The van der Waals surface area contributed by atoms with Gasteiger partial charge in [-0.1, -0.05) is 19.9 Å². The molecule has 1 aromatic heterocycles. The molecule has 0 bridgehead atoms. The van der Waals surface area contributed by atoms with Crippen LogP contribution in [0.5, 0.6) is 11.5 Å². The lowest BCUT2D eigenvalue weighted by atomic mass is 10.1. The Morgan fingerprint density at radius 1 is 1.26 bits per heavy atom. The van der Waals surface area contributed by atoms with Gasteiger partial charge in [-0.3, -0.25) is 4.79 Å². The van der Waals surface area contributed by atoms with Gasteiger partial charge >= 0.3 is 0 Å². The average Bonchev–Trinajstić information content (AvgIpc) is 3.11. The van der Waals surface area contributed by atoms with Crippen LogP contribution in [0.3, 0.4) is 0 Å². The number of fused-ring (bicyclic) bond motifs is 1. The predicted molar refractivity (Wildman–Crippen MR) is 92.4 cm³/mol. The second-order valence-corrected chi connectivity index (χ2v) is 6.67. The second-order valence-electron chi connectivity index (χ2n) is 5.64. The maximum atomic E-state index is 12.8. The first-order valence-corrected chi connectivity index (χ1v) is 8.80. The molecule has 1 unspecified atom stereocenters. The summed E-state index contributed by atoms with van der Waals surface area (Å²) < 4.78 is 11.2. The standard InChI is InChI=1S/C18H21NO3S/c1-3-13(2)18(20)19(12-15-5-4-10-23-15)14-6-7-16-17(11-14)22-9-8-21-16/h4-7,10-11,13H,3,8-9,12H2,1-2H3. The lowest BCUT2D eigenvalue weighted by molar-refractivity contribution is -0.122. The fraction of sp³-hybridized carbons (Fsp3) is 0.389. The Kier molecular flexibility index (Phi) is 4.86. The Hall–Kier alpha value is -2.01. The molecule has 2 heterocycles. The number of carbonyl (C=O) groups excluding carboxylic acids is 1. The molecule has 4 nitrogen and oxygen atoms in total. The molecule has 5 heteroatoms. The highest BCUT2D eigenvalue weighted by atomic mass is 32.1. The quantitative estimate of drug-likeness (QED) is 0.828. The van der Waals surface area contributed by atoms with Crippen LogP contribution in [0.25, 0.3) is 0 Å². The van der Waals surface area contributed by atoms with E-state index in [0.29, 0.717) is 25.5 Å². The average molecular weight is 331 g/mol. The number of nitrogens with zero attached hydrogens (tertiary/aromatic N) is 1. The van der Waals surface area contributed by atoms with E-state index in [-0.39, 0.29) is 11.8 Å². The van der Waals surface area contributed by atoms with Gasteiger partial charge in [-0.2, -0.15) is 0 Å². The fourth-order valence-electron chi connectivity index (χ4n) is 2.50. The molecule has 0 fully saturated rings. The van der Waals surface area contributed by atoms with Crippen LogP contribution in [0, 0.1) is 5.92 Å². The smallest absolute Gasteiger partial charge is 0.230 e.